The molecule has 1 fully saturated rings. The van der Waals surface area contributed by atoms with Crippen LogP contribution in [0.4, 0.5) is 5.69 Å². The highest BCUT2D eigenvalue weighted by Crippen LogP contribution is 2.39. The molecule has 0 bridgehead atoms. The number of amides is 1. The first-order valence-electron chi connectivity index (χ1n) is 12.7. The van der Waals surface area contributed by atoms with Gasteiger partial charge in [0.1, 0.15) is 5.75 Å². The molecule has 1 heterocycles. The van der Waals surface area contributed by atoms with E-state index in [-0.39, 0.29) is 23.6 Å². The predicted octanol–water partition coefficient (Wildman–Crippen LogP) is 6.07. The fraction of sp³-hybridized carbons (Fsp3) is 0.323. The van der Waals surface area contributed by atoms with Crippen LogP contribution in [0.3, 0.4) is 0 Å². The molecule has 188 valence electrons. The predicted molar refractivity (Wildman–Crippen MR) is 147 cm³/mol. The molecule has 3 aromatic rings. The smallest absolute Gasteiger partial charge is 0.255 e. The average Bonchev–Trinajstić information content (AvgIpc) is 2.88. The maximum absolute atomic E-state index is 13.0. The Morgan fingerprint density at radius 2 is 1.72 bits per heavy atom. The summed E-state index contributed by atoms with van der Waals surface area (Å²) in [5.41, 5.74) is 3.59. The summed E-state index contributed by atoms with van der Waals surface area (Å²) in [6, 6.07) is 25.8. The number of benzene rings is 3. The quantitative estimate of drug-likeness (QED) is 0.382. The number of anilines is 1. The Morgan fingerprint density at radius 1 is 1.00 bits per heavy atom. The van der Waals surface area contributed by atoms with Gasteiger partial charge in [-0.25, -0.2) is 0 Å². The third-order valence-electron chi connectivity index (χ3n) is 7.28. The lowest BCUT2D eigenvalue weighted by molar-refractivity contribution is 0.0129. The molecule has 4 unspecified atom stereocenters. The van der Waals surface area contributed by atoms with Gasteiger partial charge in [-0.05, 0) is 61.4 Å². The number of piperazine rings is 1. The Bertz CT molecular complexity index is 1180. The minimum atomic E-state index is -0.121. The van der Waals surface area contributed by atoms with E-state index in [2.05, 4.69) is 54.6 Å². The molecule has 0 radical (unpaired) electrons. The zero-order valence-electron chi connectivity index (χ0n) is 21.5. The van der Waals surface area contributed by atoms with Crippen molar-refractivity contribution in [2.45, 2.75) is 44.8 Å². The third-order valence-corrected chi connectivity index (χ3v) is 7.28. The molecular formula is C31H37N3O2. The molecule has 4 rings (SSSR count). The van der Waals surface area contributed by atoms with Crippen molar-refractivity contribution in [3.05, 3.63) is 108 Å². The van der Waals surface area contributed by atoms with E-state index in [4.69, 9.17) is 0 Å². The van der Waals surface area contributed by atoms with Crippen LogP contribution in [0.25, 0.3) is 0 Å². The van der Waals surface area contributed by atoms with Crippen LogP contribution in [-0.4, -0.2) is 52.5 Å². The molecule has 1 amide bonds. The van der Waals surface area contributed by atoms with Gasteiger partial charge in [-0.15, -0.1) is 6.58 Å². The molecule has 1 saturated heterocycles. The lowest BCUT2D eigenvalue weighted by atomic mass is 9.85. The van der Waals surface area contributed by atoms with E-state index in [0.29, 0.717) is 17.6 Å². The summed E-state index contributed by atoms with van der Waals surface area (Å²) in [5.74, 6) is 0.243. The van der Waals surface area contributed by atoms with Crippen molar-refractivity contribution in [3.63, 3.8) is 0 Å². The number of hydrogen-bond donors (Lipinski definition) is 2. The van der Waals surface area contributed by atoms with Crippen LogP contribution in [0, 0.1) is 0 Å². The minimum absolute atomic E-state index is 0.0489. The van der Waals surface area contributed by atoms with E-state index in [1.54, 1.807) is 6.07 Å². The highest BCUT2D eigenvalue weighted by Gasteiger charge is 2.36. The van der Waals surface area contributed by atoms with E-state index in [9.17, 15) is 9.90 Å². The Kier molecular flexibility index (Phi) is 8.24. The molecule has 0 aliphatic carbocycles. The maximum atomic E-state index is 13.0. The van der Waals surface area contributed by atoms with Crippen molar-refractivity contribution < 1.29 is 9.90 Å². The SMILES string of the molecule is C=CCN1CC(C)N(C(c2cccc(O)c2)C(C)c2cccc(C(=O)Nc3ccccc3)c2)CC1C. The van der Waals surface area contributed by atoms with Gasteiger partial charge in [0.25, 0.3) is 5.91 Å². The first-order chi connectivity index (χ1) is 17.4. The lowest BCUT2D eigenvalue weighted by Gasteiger charge is -2.49. The van der Waals surface area contributed by atoms with Gasteiger partial charge in [0.15, 0.2) is 0 Å². The third kappa shape index (κ3) is 5.86. The highest BCUT2D eigenvalue weighted by molar-refractivity contribution is 6.04. The molecule has 0 spiro atoms. The van der Waals surface area contributed by atoms with Crippen LogP contribution >= 0.6 is 0 Å². The van der Waals surface area contributed by atoms with Gasteiger partial charge in [0.2, 0.25) is 0 Å². The molecular weight excluding hydrogens is 446 g/mol. The van der Waals surface area contributed by atoms with Gasteiger partial charge in [-0.2, -0.15) is 0 Å². The van der Waals surface area contributed by atoms with Crippen LogP contribution in [0.5, 0.6) is 5.75 Å². The molecule has 36 heavy (non-hydrogen) atoms. The highest BCUT2D eigenvalue weighted by atomic mass is 16.3. The summed E-state index contributed by atoms with van der Waals surface area (Å²) in [7, 11) is 0. The Labute approximate surface area is 215 Å². The Balaban J connectivity index is 1.65. The summed E-state index contributed by atoms with van der Waals surface area (Å²) < 4.78 is 0. The van der Waals surface area contributed by atoms with Crippen molar-refractivity contribution in [2.24, 2.45) is 0 Å². The number of para-hydroxylation sites is 1. The van der Waals surface area contributed by atoms with E-state index in [0.717, 1.165) is 36.4 Å². The molecule has 4 atom stereocenters. The largest absolute Gasteiger partial charge is 0.508 e. The van der Waals surface area contributed by atoms with Crippen molar-refractivity contribution in [3.8, 4) is 5.75 Å². The number of phenolic OH excluding ortho intramolecular Hbond substituents is 1. The summed E-state index contributed by atoms with van der Waals surface area (Å²) in [4.78, 5) is 18.0. The Morgan fingerprint density at radius 3 is 2.44 bits per heavy atom. The normalized spacial score (nSPS) is 20.4. The maximum Gasteiger partial charge on any atom is 0.255 e. The minimum Gasteiger partial charge on any atom is -0.508 e. The first kappa shape index (κ1) is 25.7. The molecule has 1 aliphatic heterocycles. The number of carbonyl (C=O) groups is 1. The number of nitrogens with one attached hydrogen (secondary N) is 1. The fourth-order valence-electron chi connectivity index (χ4n) is 5.38. The van der Waals surface area contributed by atoms with E-state index < -0.39 is 0 Å². The molecule has 5 nitrogen and oxygen atoms in total. The van der Waals surface area contributed by atoms with Crippen LogP contribution in [0.15, 0.2) is 91.5 Å². The average molecular weight is 484 g/mol. The monoisotopic (exact) mass is 483 g/mol. The number of rotatable bonds is 8. The second-order valence-corrected chi connectivity index (χ2v) is 9.91. The zero-order chi connectivity index (χ0) is 25.7. The first-order valence-corrected chi connectivity index (χ1v) is 12.7. The van der Waals surface area contributed by atoms with Crippen LogP contribution in [0.2, 0.25) is 0 Å². The number of hydrogen-bond acceptors (Lipinski definition) is 4. The van der Waals surface area contributed by atoms with Gasteiger partial charge in [0, 0.05) is 54.9 Å². The second kappa shape index (κ2) is 11.5. The number of carbonyl (C=O) groups excluding carboxylic acids is 1. The number of phenols is 1. The summed E-state index contributed by atoms with van der Waals surface area (Å²) in [5, 5.41) is 13.3. The molecule has 1 aliphatic rings. The zero-order valence-corrected chi connectivity index (χ0v) is 21.5. The van der Waals surface area contributed by atoms with Crippen molar-refractivity contribution in [1.29, 1.82) is 0 Å². The molecule has 3 aromatic carbocycles. The van der Waals surface area contributed by atoms with Crippen molar-refractivity contribution in [2.75, 3.05) is 25.0 Å². The van der Waals surface area contributed by atoms with Crippen LogP contribution in [-0.2, 0) is 0 Å². The molecule has 0 aromatic heterocycles. The van der Waals surface area contributed by atoms with E-state index >= 15 is 0 Å². The summed E-state index contributed by atoms with van der Waals surface area (Å²) in [6.45, 7) is 13.4. The van der Waals surface area contributed by atoms with Crippen molar-refractivity contribution >= 4 is 11.6 Å². The van der Waals surface area contributed by atoms with E-state index in [1.165, 1.54) is 0 Å². The van der Waals surface area contributed by atoms with Gasteiger partial charge in [0.05, 0.1) is 0 Å². The van der Waals surface area contributed by atoms with Gasteiger partial charge >= 0.3 is 0 Å². The number of aromatic hydroxyl groups is 1. The van der Waals surface area contributed by atoms with E-state index in [1.807, 2.05) is 66.7 Å². The fourth-order valence-corrected chi connectivity index (χ4v) is 5.38. The second-order valence-electron chi connectivity index (χ2n) is 9.91. The molecule has 2 N–H and O–H groups in total. The summed E-state index contributed by atoms with van der Waals surface area (Å²) >= 11 is 0. The van der Waals surface area contributed by atoms with Gasteiger partial charge in [-0.1, -0.05) is 55.5 Å². The lowest BCUT2D eigenvalue weighted by Crippen LogP contribution is -2.57. The standard InChI is InChI=1S/C31H37N3O2/c1-5-17-33-20-23(3)34(21-22(33)2)30(26-12-10-16-29(35)19-26)24(4)25-11-9-13-27(18-25)31(36)32-28-14-7-6-8-15-28/h5-16,18-19,22-24,30,35H,1,17,20-21H2,2-4H3,(H,32,36). The molecule has 0 saturated carbocycles. The Hall–Kier alpha value is -3.41. The van der Waals surface area contributed by atoms with Crippen LogP contribution in [0.1, 0.15) is 54.2 Å². The summed E-state index contributed by atoms with van der Waals surface area (Å²) in [6.07, 6.45) is 1.97. The van der Waals surface area contributed by atoms with Crippen molar-refractivity contribution in [1.82, 2.24) is 9.80 Å². The molecule has 5 heteroatoms. The topological polar surface area (TPSA) is 55.8 Å². The van der Waals surface area contributed by atoms with Crippen LogP contribution < -0.4 is 5.32 Å². The van der Waals surface area contributed by atoms with Gasteiger partial charge < -0.3 is 10.4 Å². The van der Waals surface area contributed by atoms with Gasteiger partial charge in [-0.3, -0.25) is 14.6 Å². The number of nitrogens with zero attached hydrogens (tertiary/aromatic N) is 2.